The average Bonchev–Trinajstić information content (AvgIpc) is 2.77. The van der Waals surface area contributed by atoms with Crippen LogP contribution in [0.25, 0.3) is 5.70 Å². The highest BCUT2D eigenvalue weighted by Gasteiger charge is 2.47. The lowest BCUT2D eigenvalue weighted by atomic mass is 9.82. The van der Waals surface area contributed by atoms with Gasteiger partial charge in [0, 0.05) is 55.5 Å². The molecule has 1 fully saturated rings. The molecule has 3 rings (SSSR count). The van der Waals surface area contributed by atoms with E-state index in [1.807, 2.05) is 40.0 Å². The van der Waals surface area contributed by atoms with Crippen LogP contribution in [0.2, 0.25) is 0 Å². The minimum Gasteiger partial charge on any atom is -0.479 e. The topological polar surface area (TPSA) is 84.2 Å². The van der Waals surface area contributed by atoms with Gasteiger partial charge in [-0.3, -0.25) is 9.98 Å². The van der Waals surface area contributed by atoms with E-state index in [9.17, 15) is 9.90 Å². The second-order valence-electron chi connectivity index (χ2n) is 12.5. The summed E-state index contributed by atoms with van der Waals surface area (Å²) in [6.07, 6.45) is 7.81. The van der Waals surface area contributed by atoms with Crippen LogP contribution in [0.1, 0.15) is 85.4 Å². The number of carboxylic acid groups (broad SMARTS) is 1. The van der Waals surface area contributed by atoms with E-state index in [0.29, 0.717) is 24.4 Å². The molecule has 2 aliphatic heterocycles. The van der Waals surface area contributed by atoms with Gasteiger partial charge in [0.05, 0.1) is 11.3 Å². The number of aryl methyl sites for hydroxylation is 1. The van der Waals surface area contributed by atoms with Gasteiger partial charge < -0.3 is 19.5 Å². The molecule has 0 amide bonds. The summed E-state index contributed by atoms with van der Waals surface area (Å²) in [6, 6.07) is 2.13. The number of aliphatic carboxylic acids is 1. The number of piperidine rings is 1. The molecule has 1 N–H and O–H groups in total. The number of carbonyl (C=O) groups is 1. The lowest BCUT2D eigenvalue weighted by Gasteiger charge is -2.40. The first-order chi connectivity index (χ1) is 16.7. The molecule has 0 bridgehead atoms. The molecule has 7 nitrogen and oxygen atoms in total. The fraction of sp³-hybridized carbons (Fsp3) is 0.690. The number of hydrogen-bond acceptors (Lipinski definition) is 6. The minimum atomic E-state index is -1.18. The van der Waals surface area contributed by atoms with Crippen LogP contribution < -0.4 is 4.90 Å². The van der Waals surface area contributed by atoms with Crippen molar-refractivity contribution in [1.82, 2.24) is 4.98 Å². The second-order valence-corrected chi connectivity index (χ2v) is 12.5. The van der Waals surface area contributed by atoms with Gasteiger partial charge in [-0.05, 0) is 64.4 Å². The van der Waals surface area contributed by atoms with Gasteiger partial charge in [0.2, 0.25) is 0 Å². The zero-order valence-corrected chi connectivity index (χ0v) is 23.4. The highest BCUT2D eigenvalue weighted by molar-refractivity contribution is 5.90. The molecule has 0 radical (unpaired) electrons. The van der Waals surface area contributed by atoms with Gasteiger partial charge in [-0.2, -0.15) is 0 Å². The summed E-state index contributed by atoms with van der Waals surface area (Å²) in [6.45, 7) is 18.9. The van der Waals surface area contributed by atoms with Gasteiger partial charge in [-0.15, -0.1) is 0 Å². The molecule has 0 aliphatic carbocycles. The number of rotatable bonds is 9. The molecule has 1 saturated heterocycles. The highest BCUT2D eigenvalue weighted by Crippen LogP contribution is 2.38. The zero-order chi connectivity index (χ0) is 26.7. The Bertz CT molecular complexity index is 983. The predicted octanol–water partition coefficient (Wildman–Crippen LogP) is 5.90. The van der Waals surface area contributed by atoms with Crippen LogP contribution in [0.4, 0.5) is 5.69 Å². The normalized spacial score (nSPS) is 23.0. The smallest absolute Gasteiger partial charge is 0.336 e. The summed E-state index contributed by atoms with van der Waals surface area (Å²) in [5, 5.41) is 10.1. The third-order valence-electron chi connectivity index (χ3n) is 6.99. The summed E-state index contributed by atoms with van der Waals surface area (Å²) in [4.78, 5) is 24.2. The fourth-order valence-electron chi connectivity index (χ4n) is 4.62. The van der Waals surface area contributed by atoms with E-state index < -0.39 is 23.3 Å². The predicted molar refractivity (Wildman–Crippen MR) is 146 cm³/mol. The summed E-state index contributed by atoms with van der Waals surface area (Å²) in [7, 11) is 0. The second kappa shape index (κ2) is 11.0. The van der Waals surface area contributed by atoms with Crippen LogP contribution in [0.5, 0.6) is 0 Å². The van der Waals surface area contributed by atoms with E-state index in [0.717, 1.165) is 55.0 Å². The largest absolute Gasteiger partial charge is 0.479 e. The van der Waals surface area contributed by atoms with Crippen LogP contribution in [0, 0.1) is 18.3 Å². The quantitative estimate of drug-likeness (QED) is 0.455. The number of pyridine rings is 1. The molecule has 2 atom stereocenters. The third-order valence-corrected chi connectivity index (χ3v) is 6.99. The maximum Gasteiger partial charge on any atom is 0.336 e. The molecule has 1 aromatic heterocycles. The maximum atomic E-state index is 12.4. The van der Waals surface area contributed by atoms with Crippen LogP contribution in [-0.4, -0.2) is 59.3 Å². The van der Waals surface area contributed by atoms with Crippen molar-refractivity contribution in [1.29, 1.82) is 0 Å². The standard InChI is InChI=1S/C29H45N3O4/c1-20(2)10-16-35-29(25(26(33)34)36-27(4,5)6)11-9-23(31-19-29)22-18-30-21(3)17-24(22)32-14-12-28(7,8)13-15-32/h9,17-20,25H,10-16H2,1-8H3,(H,33,34). The Labute approximate surface area is 217 Å². The van der Waals surface area contributed by atoms with Gasteiger partial charge in [-0.25, -0.2) is 4.79 Å². The molecule has 2 aliphatic rings. The van der Waals surface area contributed by atoms with Crippen molar-refractivity contribution in [2.45, 2.75) is 98.4 Å². The molecule has 3 heterocycles. The number of ether oxygens (including phenoxy) is 2. The lowest BCUT2D eigenvalue weighted by Crippen LogP contribution is -2.55. The van der Waals surface area contributed by atoms with Crippen molar-refractivity contribution >= 4 is 23.6 Å². The first kappa shape index (κ1) is 28.3. The summed E-state index contributed by atoms with van der Waals surface area (Å²) < 4.78 is 12.3. The van der Waals surface area contributed by atoms with Crippen LogP contribution in [-0.2, 0) is 14.3 Å². The molecule has 0 aromatic carbocycles. The molecular weight excluding hydrogens is 454 g/mol. The van der Waals surface area contributed by atoms with Crippen LogP contribution in [0.3, 0.4) is 0 Å². The van der Waals surface area contributed by atoms with E-state index >= 15 is 0 Å². The third kappa shape index (κ3) is 7.16. The van der Waals surface area contributed by atoms with Crippen molar-refractivity contribution in [2.24, 2.45) is 16.3 Å². The van der Waals surface area contributed by atoms with Gasteiger partial charge >= 0.3 is 5.97 Å². The number of aliphatic imine (C=N–C) groups is 1. The number of aromatic nitrogens is 1. The SMILES string of the molecule is Cc1cc(N2CCC(C)(C)CC2)c(C2=CCC(OCCC(C)C)(C(OC(C)(C)C)C(=O)O)C=N2)cn1. The Morgan fingerprint density at radius 1 is 1.22 bits per heavy atom. The van der Waals surface area contributed by atoms with Crippen LogP contribution >= 0.6 is 0 Å². The lowest BCUT2D eigenvalue weighted by molar-refractivity contribution is -0.186. The van der Waals surface area contributed by atoms with Gasteiger partial charge in [0.25, 0.3) is 0 Å². The Kier molecular flexibility index (Phi) is 8.67. The first-order valence-electron chi connectivity index (χ1n) is 13.2. The molecule has 0 saturated carbocycles. The minimum absolute atomic E-state index is 0.354. The highest BCUT2D eigenvalue weighted by atomic mass is 16.6. The van der Waals surface area contributed by atoms with Gasteiger partial charge in [0.1, 0.15) is 5.60 Å². The zero-order valence-electron chi connectivity index (χ0n) is 23.4. The Balaban J connectivity index is 1.93. The summed E-state index contributed by atoms with van der Waals surface area (Å²) >= 11 is 0. The van der Waals surface area contributed by atoms with Crippen molar-refractivity contribution < 1.29 is 19.4 Å². The van der Waals surface area contributed by atoms with Crippen molar-refractivity contribution in [3.63, 3.8) is 0 Å². The molecule has 2 unspecified atom stereocenters. The van der Waals surface area contributed by atoms with Crippen LogP contribution in [0.15, 0.2) is 23.3 Å². The Hall–Kier alpha value is -2.25. The maximum absolute atomic E-state index is 12.4. The number of anilines is 1. The van der Waals surface area contributed by atoms with Crippen molar-refractivity contribution in [3.8, 4) is 0 Å². The molecule has 0 spiro atoms. The van der Waals surface area contributed by atoms with E-state index in [1.165, 1.54) is 0 Å². The van der Waals surface area contributed by atoms with E-state index in [4.69, 9.17) is 14.5 Å². The molecule has 200 valence electrons. The number of hydrogen-bond donors (Lipinski definition) is 1. The molecular formula is C29H45N3O4. The molecule has 36 heavy (non-hydrogen) atoms. The number of carboxylic acids is 1. The fourth-order valence-corrected chi connectivity index (χ4v) is 4.62. The average molecular weight is 500 g/mol. The Morgan fingerprint density at radius 2 is 1.89 bits per heavy atom. The Morgan fingerprint density at radius 3 is 2.42 bits per heavy atom. The van der Waals surface area contributed by atoms with E-state index in [-0.39, 0.29) is 0 Å². The monoisotopic (exact) mass is 499 g/mol. The first-order valence-corrected chi connectivity index (χ1v) is 13.2. The van der Waals surface area contributed by atoms with Crippen molar-refractivity contribution in [2.75, 3.05) is 24.6 Å². The number of nitrogens with zero attached hydrogens (tertiary/aromatic N) is 3. The molecule has 7 heteroatoms. The van der Waals surface area contributed by atoms with Crippen molar-refractivity contribution in [3.05, 3.63) is 29.6 Å². The van der Waals surface area contributed by atoms with Gasteiger partial charge in [0.15, 0.2) is 6.10 Å². The van der Waals surface area contributed by atoms with E-state index in [2.05, 4.69) is 43.6 Å². The summed E-state index contributed by atoms with van der Waals surface area (Å²) in [5.74, 6) is -0.609. The van der Waals surface area contributed by atoms with E-state index in [1.54, 1.807) is 6.21 Å². The molecule has 1 aromatic rings. The van der Waals surface area contributed by atoms with Gasteiger partial charge in [-0.1, -0.05) is 33.8 Å². The summed E-state index contributed by atoms with van der Waals surface area (Å²) in [5.41, 5.74) is 2.40.